The molecule has 0 unspecified atom stereocenters. The Morgan fingerprint density at radius 2 is 0.333 bits per heavy atom. The molecule has 8 heteroatoms. The minimum atomic E-state index is -1.46. The van der Waals surface area contributed by atoms with Gasteiger partial charge in [0.25, 0.3) is 0 Å². The number of rotatable bonds is 12. The maximum absolute atomic E-state index is 13.8. The first kappa shape index (κ1) is 42.2. The standard InChI is InChI=1S/C58H38O8/c59-55(60)51-47(39-27-15-5-16-28-39)43(35-19-7-1-8-20-35)45(37-23-11-3-12-24-37)49(53(51)57(63)64)41-31-33-42(34-32-41)50-46(38-25-13-4-14-26-38)44(36-21-9-2-10-22-36)48(40-29-17-6-18-30-40)52(56(61)62)54(50)58(65)66/h1-34H,(H,59,60)(H,61,62)(H,63,64)(H,65,66). The molecular weight excluding hydrogens is 825 g/mol. The monoisotopic (exact) mass is 862 g/mol. The van der Waals surface area contributed by atoms with Crippen molar-refractivity contribution in [3.8, 4) is 89.0 Å². The lowest BCUT2D eigenvalue weighted by atomic mass is 9.76. The Labute approximate surface area is 379 Å². The van der Waals surface area contributed by atoms with Gasteiger partial charge < -0.3 is 20.4 Å². The Kier molecular flexibility index (Phi) is 11.5. The van der Waals surface area contributed by atoms with Crippen LogP contribution in [0.1, 0.15) is 41.4 Å². The zero-order valence-electron chi connectivity index (χ0n) is 35.1. The van der Waals surface area contributed by atoms with Crippen LogP contribution in [-0.4, -0.2) is 44.3 Å². The van der Waals surface area contributed by atoms with Gasteiger partial charge in [-0.25, -0.2) is 19.2 Å². The summed E-state index contributed by atoms with van der Waals surface area (Å²) in [6.45, 7) is 0. The second-order valence-electron chi connectivity index (χ2n) is 15.5. The van der Waals surface area contributed by atoms with E-state index in [9.17, 15) is 39.6 Å². The van der Waals surface area contributed by atoms with Crippen LogP contribution in [0.25, 0.3) is 89.0 Å². The fraction of sp³-hybridized carbons (Fsp3) is 0. The van der Waals surface area contributed by atoms with Crippen molar-refractivity contribution in [1.82, 2.24) is 0 Å². The van der Waals surface area contributed by atoms with E-state index in [0.29, 0.717) is 66.8 Å². The van der Waals surface area contributed by atoms with Gasteiger partial charge in [-0.2, -0.15) is 0 Å². The molecule has 0 aliphatic heterocycles. The Morgan fingerprint density at radius 1 is 0.197 bits per heavy atom. The summed E-state index contributed by atoms with van der Waals surface area (Å²) in [5.74, 6) is -5.80. The molecule has 0 aliphatic carbocycles. The van der Waals surface area contributed by atoms with Crippen LogP contribution in [0.5, 0.6) is 0 Å². The zero-order chi connectivity index (χ0) is 45.9. The molecular formula is C58H38O8. The molecule has 0 heterocycles. The van der Waals surface area contributed by atoms with Crippen LogP contribution in [0.4, 0.5) is 0 Å². The molecule has 0 saturated carbocycles. The van der Waals surface area contributed by atoms with Crippen LogP contribution >= 0.6 is 0 Å². The highest BCUT2D eigenvalue weighted by Crippen LogP contribution is 2.52. The highest BCUT2D eigenvalue weighted by molar-refractivity contribution is 6.20. The summed E-state index contributed by atoms with van der Waals surface area (Å²) in [5, 5.41) is 44.6. The van der Waals surface area contributed by atoms with Gasteiger partial charge in [0.05, 0.1) is 22.3 Å². The number of hydrogen-bond acceptors (Lipinski definition) is 4. The molecule has 0 spiro atoms. The Bertz CT molecular complexity index is 3070. The van der Waals surface area contributed by atoms with E-state index >= 15 is 0 Å². The van der Waals surface area contributed by atoms with E-state index in [1.807, 2.05) is 121 Å². The van der Waals surface area contributed by atoms with Crippen molar-refractivity contribution in [2.75, 3.05) is 0 Å². The minimum Gasteiger partial charge on any atom is -0.478 e. The largest absolute Gasteiger partial charge is 0.478 e. The molecule has 0 aromatic heterocycles. The number of hydrogen-bond donors (Lipinski definition) is 4. The third-order valence-electron chi connectivity index (χ3n) is 11.7. The molecule has 0 radical (unpaired) electrons. The van der Waals surface area contributed by atoms with E-state index in [2.05, 4.69) is 0 Å². The lowest BCUT2D eigenvalue weighted by Crippen LogP contribution is -2.15. The molecule has 318 valence electrons. The van der Waals surface area contributed by atoms with Gasteiger partial charge in [0, 0.05) is 22.3 Å². The van der Waals surface area contributed by atoms with Crippen molar-refractivity contribution in [3.63, 3.8) is 0 Å². The molecule has 66 heavy (non-hydrogen) atoms. The van der Waals surface area contributed by atoms with E-state index in [-0.39, 0.29) is 22.3 Å². The highest BCUT2D eigenvalue weighted by Gasteiger charge is 2.35. The molecule has 0 bridgehead atoms. The fourth-order valence-electron chi connectivity index (χ4n) is 9.10. The SMILES string of the molecule is O=C(O)c1c(C(=O)O)c(-c2ccc(-c3c(C(=O)O)c(C(=O)O)c(-c4ccccc4)c(-c4ccccc4)c3-c3ccccc3)cc2)c(-c2ccccc2)c(-c2ccccc2)c1-c1ccccc1. The predicted molar refractivity (Wildman–Crippen MR) is 258 cm³/mol. The number of benzene rings is 9. The first-order valence-corrected chi connectivity index (χ1v) is 21.0. The molecule has 0 amide bonds. The van der Waals surface area contributed by atoms with Crippen molar-refractivity contribution in [1.29, 1.82) is 0 Å². The lowest BCUT2D eigenvalue weighted by Gasteiger charge is -2.26. The molecule has 0 fully saturated rings. The predicted octanol–water partition coefficient (Wildman–Crippen LogP) is 13.8. The first-order chi connectivity index (χ1) is 32.2. The second-order valence-corrected chi connectivity index (χ2v) is 15.5. The quantitative estimate of drug-likeness (QED) is 0.0948. The smallest absolute Gasteiger partial charge is 0.337 e. The van der Waals surface area contributed by atoms with Crippen LogP contribution in [0.15, 0.2) is 206 Å². The van der Waals surface area contributed by atoms with Gasteiger partial charge in [-0.05, 0) is 66.8 Å². The van der Waals surface area contributed by atoms with Crippen molar-refractivity contribution >= 4 is 23.9 Å². The third-order valence-corrected chi connectivity index (χ3v) is 11.7. The minimum absolute atomic E-state index is 0.133. The van der Waals surface area contributed by atoms with Gasteiger partial charge in [-0.3, -0.25) is 0 Å². The van der Waals surface area contributed by atoms with Crippen LogP contribution < -0.4 is 0 Å². The summed E-state index contributed by atoms with van der Waals surface area (Å²) >= 11 is 0. The van der Waals surface area contributed by atoms with Gasteiger partial charge in [-0.15, -0.1) is 0 Å². The lowest BCUT2D eigenvalue weighted by molar-refractivity contribution is 0.0653. The Morgan fingerprint density at radius 3 is 0.485 bits per heavy atom. The van der Waals surface area contributed by atoms with E-state index < -0.39 is 46.1 Å². The average Bonchev–Trinajstić information content (AvgIpc) is 3.36. The highest BCUT2D eigenvalue weighted by atomic mass is 16.4. The molecule has 9 aromatic carbocycles. The molecule has 0 aliphatic rings. The van der Waals surface area contributed by atoms with Gasteiger partial charge in [0.2, 0.25) is 0 Å². The van der Waals surface area contributed by atoms with Crippen molar-refractivity contribution in [2.45, 2.75) is 0 Å². The summed E-state index contributed by atoms with van der Waals surface area (Å²) in [7, 11) is 0. The molecule has 9 aromatic rings. The maximum atomic E-state index is 13.8. The average molecular weight is 863 g/mol. The maximum Gasteiger partial charge on any atom is 0.337 e. The summed E-state index contributed by atoms with van der Waals surface area (Å²) in [5.41, 5.74) is 5.24. The van der Waals surface area contributed by atoms with Crippen LogP contribution in [0.2, 0.25) is 0 Å². The third kappa shape index (κ3) is 7.58. The van der Waals surface area contributed by atoms with E-state index in [4.69, 9.17) is 0 Å². The number of aromatic carboxylic acids is 4. The Hall–Kier alpha value is -9.14. The fourth-order valence-corrected chi connectivity index (χ4v) is 9.10. The summed E-state index contributed by atoms with van der Waals surface area (Å²) in [6, 6.07) is 61.1. The van der Waals surface area contributed by atoms with Crippen molar-refractivity contribution in [2.24, 2.45) is 0 Å². The first-order valence-electron chi connectivity index (χ1n) is 21.0. The zero-order valence-corrected chi connectivity index (χ0v) is 35.1. The van der Waals surface area contributed by atoms with Gasteiger partial charge in [0.15, 0.2) is 0 Å². The molecule has 8 nitrogen and oxygen atoms in total. The van der Waals surface area contributed by atoms with Crippen LogP contribution in [0, 0.1) is 0 Å². The van der Waals surface area contributed by atoms with Crippen molar-refractivity contribution in [3.05, 3.63) is 229 Å². The van der Waals surface area contributed by atoms with Crippen LogP contribution in [-0.2, 0) is 0 Å². The number of carboxylic acid groups (broad SMARTS) is 4. The molecule has 9 rings (SSSR count). The van der Waals surface area contributed by atoms with E-state index in [0.717, 1.165) is 0 Å². The number of carbonyl (C=O) groups is 4. The van der Waals surface area contributed by atoms with Crippen molar-refractivity contribution < 1.29 is 39.6 Å². The van der Waals surface area contributed by atoms with Gasteiger partial charge in [-0.1, -0.05) is 206 Å². The summed E-state index contributed by atoms with van der Waals surface area (Å²) in [6.07, 6.45) is 0. The molecule has 0 atom stereocenters. The van der Waals surface area contributed by atoms with Gasteiger partial charge in [0.1, 0.15) is 0 Å². The van der Waals surface area contributed by atoms with E-state index in [1.54, 1.807) is 84.9 Å². The second kappa shape index (κ2) is 17.9. The van der Waals surface area contributed by atoms with Gasteiger partial charge >= 0.3 is 23.9 Å². The topological polar surface area (TPSA) is 149 Å². The summed E-state index contributed by atoms with van der Waals surface area (Å²) < 4.78 is 0. The molecule has 0 saturated heterocycles. The summed E-state index contributed by atoms with van der Waals surface area (Å²) in [4.78, 5) is 54.9. The Balaban J connectivity index is 1.43. The number of carboxylic acids is 4. The normalized spacial score (nSPS) is 10.9. The van der Waals surface area contributed by atoms with E-state index in [1.165, 1.54) is 0 Å². The molecule has 4 N–H and O–H groups in total. The van der Waals surface area contributed by atoms with Crippen LogP contribution in [0.3, 0.4) is 0 Å².